The van der Waals surface area contributed by atoms with Crippen LogP contribution in [0.5, 0.6) is 0 Å². The molecule has 3 amide bonds. The van der Waals surface area contributed by atoms with Crippen LogP contribution >= 0.6 is 22.6 Å². The predicted octanol–water partition coefficient (Wildman–Crippen LogP) is 2.93. The van der Waals surface area contributed by atoms with Gasteiger partial charge in [-0.1, -0.05) is 71.1 Å². The summed E-state index contributed by atoms with van der Waals surface area (Å²) < 4.78 is 5.89. The number of ether oxygens (including phenoxy) is 1. The van der Waals surface area contributed by atoms with Gasteiger partial charge in [0.2, 0.25) is 11.8 Å². The highest BCUT2D eigenvalue weighted by molar-refractivity contribution is 14.1. The van der Waals surface area contributed by atoms with E-state index >= 15 is 0 Å². The first-order valence-electron chi connectivity index (χ1n) is 9.68. The van der Waals surface area contributed by atoms with Gasteiger partial charge in [-0.15, -0.1) is 0 Å². The van der Waals surface area contributed by atoms with E-state index in [-0.39, 0.29) is 18.4 Å². The third-order valence-corrected chi connectivity index (χ3v) is 5.45. The van der Waals surface area contributed by atoms with Gasteiger partial charge in [0.25, 0.3) is 0 Å². The first-order chi connectivity index (χ1) is 14.4. The second-order valence-corrected chi connectivity index (χ2v) is 7.86. The van der Waals surface area contributed by atoms with Crippen molar-refractivity contribution >= 4 is 40.5 Å². The van der Waals surface area contributed by atoms with Crippen LogP contribution < -0.4 is 16.0 Å². The lowest BCUT2D eigenvalue weighted by Gasteiger charge is -2.19. The lowest BCUT2D eigenvalue weighted by atomic mass is 9.98. The van der Waals surface area contributed by atoms with E-state index in [2.05, 4.69) is 28.1 Å². The van der Waals surface area contributed by atoms with Crippen molar-refractivity contribution in [3.05, 3.63) is 59.7 Å². The van der Waals surface area contributed by atoms with Gasteiger partial charge in [-0.05, 0) is 36.1 Å². The minimum absolute atomic E-state index is 0.0516. The topological polar surface area (TPSA) is 96.5 Å². The smallest absolute Gasteiger partial charge is 0.407 e. The molecular weight excluding hydrogens is 497 g/mol. The Kier molecular flexibility index (Phi) is 7.30. The minimum Gasteiger partial charge on any atom is -0.449 e. The van der Waals surface area contributed by atoms with Crippen molar-refractivity contribution in [2.45, 2.75) is 31.8 Å². The zero-order valence-electron chi connectivity index (χ0n) is 16.8. The molecule has 1 aliphatic rings. The maximum Gasteiger partial charge on any atom is 0.407 e. The molecule has 0 bridgehead atoms. The van der Waals surface area contributed by atoms with Gasteiger partial charge in [0, 0.05) is 5.92 Å². The summed E-state index contributed by atoms with van der Waals surface area (Å²) in [6.07, 6.45) is -0.677. The predicted molar refractivity (Wildman–Crippen MR) is 122 cm³/mol. The number of carbonyl (C=O) groups excluding carboxylic acids is 3. The minimum atomic E-state index is -0.837. The first-order valence-corrected chi connectivity index (χ1v) is 11.2. The van der Waals surface area contributed by atoms with E-state index in [1.54, 1.807) is 13.8 Å². The summed E-state index contributed by atoms with van der Waals surface area (Å²) in [5.41, 5.74) is 4.53. The number of fused-ring (bicyclic) bond motifs is 3. The Bertz CT molecular complexity index is 904. The summed E-state index contributed by atoms with van der Waals surface area (Å²) in [5.74, 6) is -0.796. The standard InChI is InChI=1S/C22H24IN3O4/c1-13(20(27)24-12-23)25-21(28)14(2)26-22(29)30-11-19-17-9-5-3-7-15(17)16-8-4-6-10-18(16)19/h3-10,13-14,19H,11-12H2,1-2H3,(H,24,27)(H,25,28)(H,26,29)/t13-,14-/m0/s1. The molecule has 0 aromatic heterocycles. The summed E-state index contributed by atoms with van der Waals surface area (Å²) in [6, 6.07) is 14.6. The van der Waals surface area contributed by atoms with Gasteiger partial charge in [-0.3, -0.25) is 9.59 Å². The molecule has 0 saturated carbocycles. The van der Waals surface area contributed by atoms with Gasteiger partial charge in [-0.2, -0.15) is 0 Å². The van der Waals surface area contributed by atoms with E-state index in [0.29, 0.717) is 4.55 Å². The molecule has 7 nitrogen and oxygen atoms in total. The van der Waals surface area contributed by atoms with E-state index in [1.807, 2.05) is 59.0 Å². The normalized spacial score (nSPS) is 14.1. The van der Waals surface area contributed by atoms with E-state index in [4.69, 9.17) is 4.74 Å². The monoisotopic (exact) mass is 521 g/mol. The molecule has 30 heavy (non-hydrogen) atoms. The summed E-state index contributed by atoms with van der Waals surface area (Å²) >= 11 is 2.01. The number of amides is 3. The van der Waals surface area contributed by atoms with E-state index in [9.17, 15) is 14.4 Å². The van der Waals surface area contributed by atoms with Gasteiger partial charge in [0.15, 0.2) is 0 Å². The van der Waals surface area contributed by atoms with Crippen molar-refractivity contribution < 1.29 is 19.1 Å². The largest absolute Gasteiger partial charge is 0.449 e. The Morgan fingerprint density at radius 3 is 2.00 bits per heavy atom. The van der Waals surface area contributed by atoms with Crippen molar-refractivity contribution in [1.29, 1.82) is 0 Å². The van der Waals surface area contributed by atoms with Gasteiger partial charge < -0.3 is 20.7 Å². The molecule has 0 saturated heterocycles. The van der Waals surface area contributed by atoms with E-state index in [1.165, 1.54) is 0 Å². The number of alkyl halides is 1. The van der Waals surface area contributed by atoms with Gasteiger partial charge in [0.1, 0.15) is 18.7 Å². The average Bonchev–Trinajstić information content (AvgIpc) is 3.06. The summed E-state index contributed by atoms with van der Waals surface area (Å²) in [7, 11) is 0. The number of halogens is 1. The van der Waals surface area contributed by atoms with Crippen LogP contribution in [-0.4, -0.2) is 41.1 Å². The van der Waals surface area contributed by atoms with Crippen molar-refractivity contribution in [2.75, 3.05) is 11.2 Å². The number of alkyl carbamates (subject to hydrolysis) is 1. The van der Waals surface area contributed by atoms with Crippen LogP contribution in [-0.2, 0) is 14.3 Å². The Hall–Kier alpha value is -2.62. The summed E-state index contributed by atoms with van der Waals surface area (Å²) in [6.45, 7) is 3.29. The van der Waals surface area contributed by atoms with Gasteiger partial charge in [-0.25, -0.2) is 4.79 Å². The molecule has 3 rings (SSSR count). The Labute approximate surface area is 189 Å². The van der Waals surface area contributed by atoms with Crippen LogP contribution in [0.25, 0.3) is 11.1 Å². The number of hydrogen-bond acceptors (Lipinski definition) is 4. The van der Waals surface area contributed by atoms with Gasteiger partial charge >= 0.3 is 6.09 Å². The Balaban J connectivity index is 1.56. The highest BCUT2D eigenvalue weighted by Crippen LogP contribution is 2.44. The van der Waals surface area contributed by atoms with Crippen molar-refractivity contribution in [3.8, 4) is 11.1 Å². The van der Waals surface area contributed by atoms with Crippen LogP contribution in [0.3, 0.4) is 0 Å². The van der Waals surface area contributed by atoms with Gasteiger partial charge in [0.05, 0.1) is 4.55 Å². The zero-order valence-corrected chi connectivity index (χ0v) is 18.9. The second kappa shape index (κ2) is 9.92. The molecule has 0 heterocycles. The molecule has 2 aromatic rings. The molecule has 0 unspecified atom stereocenters. The fraction of sp³-hybridized carbons (Fsp3) is 0.318. The van der Waals surface area contributed by atoms with Crippen LogP contribution in [0.1, 0.15) is 30.9 Å². The molecule has 8 heteroatoms. The first kappa shape index (κ1) is 22.1. The van der Waals surface area contributed by atoms with Crippen molar-refractivity contribution in [3.63, 3.8) is 0 Å². The summed E-state index contributed by atoms with van der Waals surface area (Å²) in [5, 5.41) is 7.71. The fourth-order valence-electron chi connectivity index (χ4n) is 3.51. The molecule has 3 N–H and O–H groups in total. The quantitative estimate of drug-likeness (QED) is 0.297. The molecule has 0 fully saturated rings. The number of carbonyl (C=O) groups is 3. The number of rotatable bonds is 7. The number of nitrogens with one attached hydrogen (secondary N) is 3. The third-order valence-electron chi connectivity index (χ3n) is 5.06. The van der Waals surface area contributed by atoms with E-state index in [0.717, 1.165) is 22.3 Å². The van der Waals surface area contributed by atoms with E-state index < -0.39 is 24.1 Å². The number of benzene rings is 2. The van der Waals surface area contributed by atoms with Crippen LogP contribution in [0, 0.1) is 0 Å². The summed E-state index contributed by atoms with van der Waals surface area (Å²) in [4.78, 5) is 36.2. The maximum absolute atomic E-state index is 12.3. The molecule has 2 aromatic carbocycles. The SMILES string of the molecule is C[C@H](NC(=O)OCC1c2ccccc2-c2ccccc21)C(=O)N[C@@H](C)C(=O)NCI. The van der Waals surface area contributed by atoms with Crippen molar-refractivity contribution in [1.82, 2.24) is 16.0 Å². The van der Waals surface area contributed by atoms with Crippen molar-refractivity contribution in [2.24, 2.45) is 0 Å². The fourth-order valence-corrected chi connectivity index (χ4v) is 3.88. The average molecular weight is 521 g/mol. The second-order valence-electron chi connectivity index (χ2n) is 7.10. The molecule has 0 aliphatic heterocycles. The molecule has 158 valence electrons. The van der Waals surface area contributed by atoms with Crippen LogP contribution in [0.2, 0.25) is 0 Å². The molecule has 1 aliphatic carbocycles. The molecule has 0 spiro atoms. The maximum atomic E-state index is 12.3. The highest BCUT2D eigenvalue weighted by Gasteiger charge is 2.29. The third kappa shape index (κ3) is 4.92. The van der Waals surface area contributed by atoms with Crippen LogP contribution in [0.15, 0.2) is 48.5 Å². The molecular formula is C22H24IN3O4. The molecule has 2 atom stereocenters. The Morgan fingerprint density at radius 2 is 1.43 bits per heavy atom. The van der Waals surface area contributed by atoms with Crippen LogP contribution in [0.4, 0.5) is 4.79 Å². The molecule has 0 radical (unpaired) electrons. The zero-order chi connectivity index (χ0) is 21.7. The lowest BCUT2D eigenvalue weighted by molar-refractivity contribution is -0.129. The highest BCUT2D eigenvalue weighted by atomic mass is 127. The Morgan fingerprint density at radius 1 is 0.900 bits per heavy atom. The number of hydrogen-bond donors (Lipinski definition) is 3. The lowest BCUT2D eigenvalue weighted by Crippen LogP contribution is -2.51.